The molecule has 0 aliphatic carbocycles. The van der Waals surface area contributed by atoms with Gasteiger partial charge in [-0.05, 0) is 17.7 Å². The molecule has 0 aliphatic rings. The van der Waals surface area contributed by atoms with E-state index >= 15 is 0 Å². The van der Waals surface area contributed by atoms with Crippen LogP contribution in [0.1, 0.15) is 11.1 Å². The van der Waals surface area contributed by atoms with E-state index in [0.717, 1.165) is 5.56 Å². The Labute approximate surface area is 99.9 Å². The quantitative estimate of drug-likeness (QED) is 0.808. The van der Waals surface area contributed by atoms with Crippen LogP contribution in [0.4, 0.5) is 0 Å². The maximum Gasteiger partial charge on any atom is 0.213 e. The highest BCUT2D eigenvalue weighted by Gasteiger charge is 2.08. The number of nitrogens with one attached hydrogen (secondary N) is 1. The van der Waals surface area contributed by atoms with Crippen molar-refractivity contribution in [1.29, 1.82) is 5.26 Å². The summed E-state index contributed by atoms with van der Waals surface area (Å²) in [6, 6.07) is 8.70. The van der Waals surface area contributed by atoms with Gasteiger partial charge >= 0.3 is 0 Å². The predicted molar refractivity (Wildman–Crippen MR) is 62.5 cm³/mol. The summed E-state index contributed by atoms with van der Waals surface area (Å²) in [6.07, 6.45) is 0. The Morgan fingerprint density at radius 1 is 1.31 bits per heavy atom. The average molecular weight is 259 g/mol. The molecule has 0 aliphatic heterocycles. The molecule has 1 aromatic rings. The van der Waals surface area contributed by atoms with Crippen LogP contribution in [0.2, 0.25) is 0 Å². The second kappa shape index (κ2) is 5.85. The molecule has 0 bridgehead atoms. The van der Waals surface area contributed by atoms with E-state index in [9.17, 15) is 8.42 Å². The molecule has 1 N–H and O–H groups in total. The van der Waals surface area contributed by atoms with Crippen LogP contribution >= 0.6 is 11.6 Å². The van der Waals surface area contributed by atoms with E-state index in [-0.39, 0.29) is 18.2 Å². The van der Waals surface area contributed by atoms with Crippen molar-refractivity contribution < 1.29 is 8.42 Å². The molecule has 16 heavy (non-hydrogen) atoms. The average Bonchev–Trinajstić information content (AvgIpc) is 2.27. The predicted octanol–water partition coefficient (Wildman–Crippen LogP) is 1.22. The minimum Gasteiger partial charge on any atom is -0.212 e. The van der Waals surface area contributed by atoms with Crippen molar-refractivity contribution in [2.45, 2.75) is 6.54 Å². The second-order valence-electron chi connectivity index (χ2n) is 3.14. The zero-order valence-electron chi connectivity index (χ0n) is 8.48. The van der Waals surface area contributed by atoms with E-state index in [1.165, 1.54) is 0 Å². The van der Waals surface area contributed by atoms with E-state index in [0.29, 0.717) is 5.56 Å². The molecule has 1 aromatic carbocycles. The third kappa shape index (κ3) is 4.19. The minimum absolute atomic E-state index is 0.0721. The zero-order chi connectivity index (χ0) is 12.0. The van der Waals surface area contributed by atoms with Gasteiger partial charge in [-0.25, -0.2) is 13.1 Å². The van der Waals surface area contributed by atoms with Crippen LogP contribution in [-0.4, -0.2) is 20.1 Å². The molecule has 0 saturated heterocycles. The Hall–Kier alpha value is -1.09. The third-order valence-corrected chi connectivity index (χ3v) is 3.66. The number of hydrogen-bond acceptors (Lipinski definition) is 3. The van der Waals surface area contributed by atoms with Crippen LogP contribution in [0.3, 0.4) is 0 Å². The molecule has 0 unspecified atom stereocenters. The van der Waals surface area contributed by atoms with Gasteiger partial charge in [-0.3, -0.25) is 0 Å². The molecule has 6 heteroatoms. The summed E-state index contributed by atoms with van der Waals surface area (Å²) in [7, 11) is -3.29. The zero-order valence-corrected chi connectivity index (χ0v) is 10.1. The molecule has 0 radical (unpaired) electrons. The van der Waals surface area contributed by atoms with Crippen molar-refractivity contribution >= 4 is 21.6 Å². The van der Waals surface area contributed by atoms with Gasteiger partial charge in [-0.1, -0.05) is 12.1 Å². The van der Waals surface area contributed by atoms with Gasteiger partial charge in [0.2, 0.25) is 10.0 Å². The molecule has 4 nitrogen and oxygen atoms in total. The molecule has 0 atom stereocenters. The number of nitriles is 1. The molecule has 0 spiro atoms. The van der Waals surface area contributed by atoms with Crippen molar-refractivity contribution in [3.05, 3.63) is 35.4 Å². The first-order valence-electron chi connectivity index (χ1n) is 4.60. The van der Waals surface area contributed by atoms with E-state index in [4.69, 9.17) is 16.9 Å². The number of alkyl halides is 1. The first-order chi connectivity index (χ1) is 7.57. The number of benzene rings is 1. The molecule has 1 rings (SSSR count). The summed E-state index contributed by atoms with van der Waals surface area (Å²) >= 11 is 5.35. The van der Waals surface area contributed by atoms with Gasteiger partial charge in [0.05, 0.1) is 17.4 Å². The van der Waals surface area contributed by atoms with Crippen LogP contribution in [0.15, 0.2) is 24.3 Å². The Morgan fingerprint density at radius 3 is 2.44 bits per heavy atom. The summed E-state index contributed by atoms with van der Waals surface area (Å²) in [5.41, 5.74) is 1.35. The number of sulfonamides is 1. The van der Waals surface area contributed by atoms with Gasteiger partial charge in [-0.2, -0.15) is 5.26 Å². The molecule has 0 fully saturated rings. The lowest BCUT2D eigenvalue weighted by atomic mass is 10.1. The smallest absolute Gasteiger partial charge is 0.212 e. The summed E-state index contributed by atoms with van der Waals surface area (Å²) in [4.78, 5) is 0. The van der Waals surface area contributed by atoms with Crippen molar-refractivity contribution in [1.82, 2.24) is 4.72 Å². The maximum absolute atomic E-state index is 11.3. The van der Waals surface area contributed by atoms with Crippen molar-refractivity contribution in [2.24, 2.45) is 0 Å². The second-order valence-corrected chi connectivity index (χ2v) is 5.44. The molecular weight excluding hydrogens is 248 g/mol. The SMILES string of the molecule is N#Cc1ccc(CNS(=O)(=O)CCCl)cc1. The topological polar surface area (TPSA) is 70.0 Å². The van der Waals surface area contributed by atoms with Crippen LogP contribution in [0, 0.1) is 11.3 Å². The summed E-state index contributed by atoms with van der Waals surface area (Å²) in [6.45, 7) is 0.213. The highest BCUT2D eigenvalue weighted by Crippen LogP contribution is 2.03. The number of hydrogen-bond donors (Lipinski definition) is 1. The van der Waals surface area contributed by atoms with Gasteiger partial charge in [0.25, 0.3) is 0 Å². The Bertz CT molecular complexity index is 477. The van der Waals surface area contributed by atoms with Gasteiger partial charge in [0, 0.05) is 12.4 Å². The Kier molecular flexibility index (Phi) is 4.74. The molecule has 0 aromatic heterocycles. The molecule has 86 valence electrons. The molecule has 0 saturated carbocycles. The van der Waals surface area contributed by atoms with Crippen LogP contribution in [-0.2, 0) is 16.6 Å². The standard InChI is InChI=1S/C10H11ClN2O2S/c11-5-6-16(14,15)13-8-10-3-1-9(7-12)2-4-10/h1-4,13H,5-6,8H2. The van der Waals surface area contributed by atoms with Crippen LogP contribution in [0.25, 0.3) is 0 Å². The highest BCUT2D eigenvalue weighted by atomic mass is 35.5. The molecule has 0 heterocycles. The van der Waals surface area contributed by atoms with E-state index in [1.807, 2.05) is 6.07 Å². The summed E-state index contributed by atoms with van der Waals surface area (Å²) < 4.78 is 25.0. The van der Waals surface area contributed by atoms with E-state index < -0.39 is 10.0 Å². The Balaban J connectivity index is 2.59. The van der Waals surface area contributed by atoms with Crippen LogP contribution in [0.5, 0.6) is 0 Å². The normalized spacial score (nSPS) is 11.0. The monoisotopic (exact) mass is 258 g/mol. The fourth-order valence-corrected chi connectivity index (χ4v) is 2.41. The van der Waals surface area contributed by atoms with Crippen molar-refractivity contribution in [3.8, 4) is 6.07 Å². The maximum atomic E-state index is 11.3. The van der Waals surface area contributed by atoms with Crippen molar-refractivity contribution in [3.63, 3.8) is 0 Å². The van der Waals surface area contributed by atoms with Gasteiger partial charge in [0.1, 0.15) is 0 Å². The summed E-state index contributed by atoms with van der Waals surface area (Å²) in [5, 5.41) is 8.58. The minimum atomic E-state index is -3.29. The van der Waals surface area contributed by atoms with E-state index in [2.05, 4.69) is 4.72 Å². The lowest BCUT2D eigenvalue weighted by molar-refractivity contribution is 0.583. The van der Waals surface area contributed by atoms with Crippen molar-refractivity contribution in [2.75, 3.05) is 11.6 Å². The first kappa shape index (κ1) is 13.0. The lowest BCUT2D eigenvalue weighted by Gasteiger charge is -2.04. The fourth-order valence-electron chi connectivity index (χ4n) is 1.06. The van der Waals surface area contributed by atoms with Gasteiger partial charge in [0.15, 0.2) is 0 Å². The summed E-state index contributed by atoms with van der Waals surface area (Å²) in [5.74, 6) is -0.0203. The highest BCUT2D eigenvalue weighted by molar-refractivity contribution is 7.89. The largest absolute Gasteiger partial charge is 0.213 e. The Morgan fingerprint density at radius 2 is 1.94 bits per heavy atom. The van der Waals surface area contributed by atoms with Gasteiger partial charge < -0.3 is 0 Å². The van der Waals surface area contributed by atoms with Crippen LogP contribution < -0.4 is 4.72 Å². The number of nitrogens with zero attached hydrogens (tertiary/aromatic N) is 1. The van der Waals surface area contributed by atoms with E-state index in [1.54, 1.807) is 24.3 Å². The van der Waals surface area contributed by atoms with Gasteiger partial charge in [-0.15, -0.1) is 11.6 Å². The third-order valence-electron chi connectivity index (χ3n) is 1.93. The fraction of sp³-hybridized carbons (Fsp3) is 0.300. The molecule has 0 amide bonds. The lowest BCUT2D eigenvalue weighted by Crippen LogP contribution is -2.26. The first-order valence-corrected chi connectivity index (χ1v) is 6.78. The number of halogens is 1. The molecular formula is C10H11ClN2O2S. The number of rotatable bonds is 5.